The second-order valence-electron chi connectivity index (χ2n) is 20.4. The van der Waals surface area contributed by atoms with Gasteiger partial charge < -0.3 is 61.3 Å². The van der Waals surface area contributed by atoms with Crippen molar-refractivity contribution in [3.8, 4) is 0 Å². The van der Waals surface area contributed by atoms with E-state index in [-0.39, 0.29) is 195 Å². The van der Waals surface area contributed by atoms with Crippen LogP contribution in [0.4, 0.5) is 4.79 Å². The fourth-order valence-corrected chi connectivity index (χ4v) is 9.33. The van der Waals surface area contributed by atoms with Gasteiger partial charge in [-0.3, -0.25) is 77.6 Å². The predicted octanol–water partition coefficient (Wildman–Crippen LogP) is -3.20. The number of hydrogen-bond acceptors (Lipinski definition) is 20. The Balaban J connectivity index is 1.65. The molecule has 10 N–H and O–H groups in total. The van der Waals surface area contributed by atoms with Crippen molar-refractivity contribution in [1.29, 1.82) is 0 Å². The second-order valence-corrected chi connectivity index (χ2v) is 20.4. The predicted molar refractivity (Wildman–Crippen MR) is 294 cm³/mol. The van der Waals surface area contributed by atoms with Crippen molar-refractivity contribution in [2.45, 2.75) is 44.8 Å². The van der Waals surface area contributed by atoms with Crippen LogP contribution >= 0.6 is 0 Å². The molecule has 0 unspecified atom stereocenters. The lowest BCUT2D eigenvalue weighted by Crippen LogP contribution is -2.50. The number of carboxylic acids is 7. The van der Waals surface area contributed by atoms with Crippen molar-refractivity contribution in [3.63, 3.8) is 0 Å². The molecule has 2 fully saturated rings. The lowest BCUT2D eigenvalue weighted by molar-refractivity contribution is -0.140. The van der Waals surface area contributed by atoms with Crippen LogP contribution < -0.4 is 16.0 Å². The summed E-state index contributed by atoms with van der Waals surface area (Å²) in [6, 6.07) is 7.71. The summed E-state index contributed by atoms with van der Waals surface area (Å²) in [5, 5.41) is 75.5. The smallest absolute Gasteiger partial charge is 0.408 e. The first-order valence-electron chi connectivity index (χ1n) is 27.7. The fourth-order valence-electron chi connectivity index (χ4n) is 9.33. The van der Waals surface area contributed by atoms with Crippen LogP contribution in [0.3, 0.4) is 0 Å². The summed E-state index contributed by atoms with van der Waals surface area (Å²) in [6.45, 7) is 3.88. The van der Waals surface area contributed by atoms with Gasteiger partial charge in [0.1, 0.15) is 12.6 Å². The molecule has 2 aliphatic heterocycles. The number of benzene rings is 1. The summed E-state index contributed by atoms with van der Waals surface area (Å²) >= 11 is 0. The number of amides is 3. The third-order valence-corrected chi connectivity index (χ3v) is 13.7. The topological polar surface area (TPSA) is 387 Å². The summed E-state index contributed by atoms with van der Waals surface area (Å²) < 4.78 is 5.23. The van der Waals surface area contributed by atoms with Gasteiger partial charge in [0, 0.05) is 118 Å². The lowest BCUT2D eigenvalue weighted by Gasteiger charge is -2.32. The maximum Gasteiger partial charge on any atom is 0.408 e. The molecule has 30 heteroatoms. The Morgan fingerprint density at radius 3 is 1.00 bits per heavy atom. The first-order valence-corrected chi connectivity index (χ1v) is 27.7. The van der Waals surface area contributed by atoms with E-state index in [1.54, 1.807) is 53.7 Å². The third-order valence-electron chi connectivity index (χ3n) is 13.7. The number of carboxylic acid groups (broad SMARTS) is 7. The van der Waals surface area contributed by atoms with Crippen LogP contribution in [0, 0.1) is 0 Å². The van der Waals surface area contributed by atoms with Crippen molar-refractivity contribution in [1.82, 2.24) is 60.0 Å². The Bertz CT molecular complexity index is 2000. The van der Waals surface area contributed by atoms with Crippen LogP contribution in [0.1, 0.15) is 37.7 Å². The molecule has 1 atom stereocenters. The van der Waals surface area contributed by atoms with E-state index < -0.39 is 53.9 Å². The Kier molecular flexibility index (Phi) is 33.7. The van der Waals surface area contributed by atoms with Crippen LogP contribution in [0.15, 0.2) is 30.3 Å². The van der Waals surface area contributed by atoms with E-state index in [1.165, 1.54) is 0 Å². The number of carbonyl (C=O) groups excluding carboxylic acids is 3. The Hall–Kier alpha value is -6.64. The molecule has 0 bridgehead atoms. The summed E-state index contributed by atoms with van der Waals surface area (Å²) in [7, 11) is 0. The highest BCUT2D eigenvalue weighted by Gasteiger charge is 2.25. The Labute approximate surface area is 477 Å². The number of alkyl carbamates (subject to hydrolysis) is 1. The van der Waals surface area contributed by atoms with Crippen molar-refractivity contribution in [2.75, 3.05) is 190 Å². The van der Waals surface area contributed by atoms with E-state index in [2.05, 4.69) is 20.9 Å². The van der Waals surface area contributed by atoms with Gasteiger partial charge in [-0.15, -0.1) is 0 Å². The average Bonchev–Trinajstić information content (AvgIpc) is 3.40. The standard InChI is InChI=1S/C52H86N12O18/c65-43(32-57-16-20-59(34-45(67)68)24-28-63(38-49(75)76)29-25-60(21-17-57)35-46(69)70)53-11-6-14-56(13-5-4-10-42(51(79)80)55-52(81)82-40-41-8-2-1-3-9-41)15-7-12-54-44(66)33-58-18-22-61(36-47(71)72)26-30-64(39-50(77)78)31-27-62(23-19-58)37-48(73)74/h1-3,8-9,42H,4-7,10-40H2,(H,53,65)(H,54,66)(H,55,81)(H,67,68)(H,69,70)(H,71,72)(H,73,74)(H,75,76)(H,77,78)(H,79,80)/t42-/m0/s1. The second kappa shape index (κ2) is 39.7. The van der Waals surface area contributed by atoms with E-state index in [0.29, 0.717) is 45.3 Å². The van der Waals surface area contributed by atoms with Crippen molar-refractivity contribution < 1.29 is 88.4 Å². The van der Waals surface area contributed by atoms with Gasteiger partial charge in [0.05, 0.1) is 52.4 Å². The zero-order chi connectivity index (χ0) is 60.2. The number of unbranched alkanes of at least 4 members (excludes halogenated alkanes) is 1. The monoisotopic (exact) mass is 1170 g/mol. The molecule has 1 aromatic rings. The number of rotatable bonds is 33. The molecule has 2 aliphatic rings. The Morgan fingerprint density at radius 1 is 0.415 bits per heavy atom. The van der Waals surface area contributed by atoms with Crippen LogP contribution in [-0.4, -0.2) is 335 Å². The number of carbonyl (C=O) groups is 10. The molecule has 82 heavy (non-hydrogen) atoms. The molecule has 30 nitrogen and oxygen atoms in total. The molecule has 3 rings (SSSR count). The molecule has 1 aromatic carbocycles. The summed E-state index contributed by atoms with van der Waals surface area (Å²) in [6.07, 6.45) is 1.15. The summed E-state index contributed by atoms with van der Waals surface area (Å²) in [4.78, 5) is 137. The molecular formula is C52H86N12O18. The van der Waals surface area contributed by atoms with Crippen LogP contribution in [-0.2, 0) is 54.5 Å². The molecule has 462 valence electrons. The first-order chi connectivity index (χ1) is 39.1. The van der Waals surface area contributed by atoms with E-state index >= 15 is 0 Å². The maximum atomic E-state index is 13.4. The highest BCUT2D eigenvalue weighted by Crippen LogP contribution is 2.09. The first kappa shape index (κ1) is 69.6. The van der Waals surface area contributed by atoms with Gasteiger partial charge in [0.2, 0.25) is 11.8 Å². The van der Waals surface area contributed by atoms with Crippen LogP contribution in [0.25, 0.3) is 0 Å². The minimum Gasteiger partial charge on any atom is -0.480 e. The van der Waals surface area contributed by atoms with Crippen LogP contribution in [0.5, 0.6) is 0 Å². The van der Waals surface area contributed by atoms with Crippen molar-refractivity contribution in [2.24, 2.45) is 0 Å². The average molecular weight is 1170 g/mol. The van der Waals surface area contributed by atoms with Gasteiger partial charge in [0.25, 0.3) is 0 Å². The van der Waals surface area contributed by atoms with Crippen LogP contribution in [0.2, 0.25) is 0 Å². The number of nitrogens with one attached hydrogen (secondary N) is 3. The van der Waals surface area contributed by atoms with Crippen molar-refractivity contribution in [3.05, 3.63) is 35.9 Å². The van der Waals surface area contributed by atoms with Gasteiger partial charge in [-0.2, -0.15) is 0 Å². The van der Waals surface area contributed by atoms with Gasteiger partial charge >= 0.3 is 47.9 Å². The molecule has 0 spiro atoms. The number of nitrogens with zero attached hydrogens (tertiary/aromatic N) is 9. The quantitative estimate of drug-likeness (QED) is 0.0310. The fraction of sp³-hybridized carbons (Fsp3) is 0.692. The highest BCUT2D eigenvalue weighted by atomic mass is 16.5. The van der Waals surface area contributed by atoms with E-state index in [4.69, 9.17) is 4.74 Å². The molecule has 0 aliphatic carbocycles. The van der Waals surface area contributed by atoms with Gasteiger partial charge in [-0.1, -0.05) is 30.3 Å². The van der Waals surface area contributed by atoms with E-state index in [9.17, 15) is 83.7 Å². The zero-order valence-corrected chi connectivity index (χ0v) is 46.9. The normalized spacial score (nSPS) is 17.4. The summed E-state index contributed by atoms with van der Waals surface area (Å²) in [5.41, 5.74) is 0.733. The Morgan fingerprint density at radius 2 is 0.707 bits per heavy atom. The summed E-state index contributed by atoms with van der Waals surface area (Å²) in [5.74, 6) is -8.27. The van der Waals surface area contributed by atoms with E-state index in [0.717, 1.165) is 5.56 Å². The lowest BCUT2D eigenvalue weighted by atomic mass is 10.1. The minimum absolute atomic E-state index is 0.0392. The molecule has 2 heterocycles. The molecule has 3 amide bonds. The van der Waals surface area contributed by atoms with Gasteiger partial charge in [-0.05, 0) is 57.3 Å². The highest BCUT2D eigenvalue weighted by molar-refractivity contribution is 5.80. The zero-order valence-electron chi connectivity index (χ0n) is 46.9. The maximum absolute atomic E-state index is 13.4. The van der Waals surface area contributed by atoms with Gasteiger partial charge in [0.15, 0.2) is 0 Å². The number of aliphatic carboxylic acids is 7. The van der Waals surface area contributed by atoms with E-state index in [1.807, 2.05) is 15.9 Å². The molecule has 0 radical (unpaired) electrons. The minimum atomic E-state index is -1.22. The molecular weight excluding hydrogens is 1080 g/mol. The van der Waals surface area contributed by atoms with Gasteiger partial charge in [-0.25, -0.2) is 9.59 Å². The largest absolute Gasteiger partial charge is 0.480 e. The van der Waals surface area contributed by atoms with Crippen molar-refractivity contribution >= 4 is 59.7 Å². The number of hydrogen-bond donors (Lipinski definition) is 10. The number of ether oxygens (including phenoxy) is 1. The molecule has 0 aromatic heterocycles. The molecule has 2 saturated heterocycles. The molecule has 0 saturated carbocycles. The SMILES string of the molecule is O=C(O)CN1CCN(CC(=O)O)CCN(CC(=O)NCCCN(CCCC[C@H](NC(=O)OCc2ccccc2)C(=O)O)CCCNC(=O)CN2CCN(CC(=O)O)CCN(CC(=O)O)CCN(CC(=O)O)CC2)CCN(CC(=O)O)CC1. The third kappa shape index (κ3) is 33.3.